The van der Waals surface area contributed by atoms with Crippen molar-refractivity contribution in [2.75, 3.05) is 33.5 Å². The molecule has 0 saturated carbocycles. The summed E-state index contributed by atoms with van der Waals surface area (Å²) in [6.07, 6.45) is 6.99. The number of methoxy groups -OCH3 is 1. The smallest absolute Gasteiger partial charge is 0.331 e. The molecule has 6 heteroatoms. The summed E-state index contributed by atoms with van der Waals surface area (Å²) in [6.45, 7) is 1.48. The number of aliphatic hydroxyl groups is 1. The van der Waals surface area contributed by atoms with Crippen LogP contribution in [0.15, 0.2) is 12.2 Å². The molecule has 0 aliphatic carbocycles. The molecular formula is C15H26O6. The number of carbonyl (C=O) groups is 2. The van der Waals surface area contributed by atoms with E-state index in [9.17, 15) is 9.59 Å². The third kappa shape index (κ3) is 14.8. The first kappa shape index (κ1) is 19.6. The minimum Gasteiger partial charge on any atom is -0.463 e. The highest BCUT2D eigenvalue weighted by atomic mass is 16.5. The van der Waals surface area contributed by atoms with Crippen LogP contribution in [0.3, 0.4) is 0 Å². The Balaban J connectivity index is 3.52. The van der Waals surface area contributed by atoms with Gasteiger partial charge in [-0.1, -0.05) is 0 Å². The molecule has 0 aromatic heterocycles. The first-order chi connectivity index (χ1) is 10.2. The fourth-order valence-corrected chi connectivity index (χ4v) is 1.49. The van der Waals surface area contributed by atoms with Crippen LogP contribution >= 0.6 is 0 Å². The number of hydrogen-bond donors (Lipinski definition) is 1. The molecule has 0 aliphatic heterocycles. The number of ether oxygens (including phenoxy) is 3. The molecule has 0 saturated heterocycles. The van der Waals surface area contributed by atoms with Crippen LogP contribution < -0.4 is 0 Å². The Morgan fingerprint density at radius 1 is 0.810 bits per heavy atom. The number of carbonyl (C=O) groups excluding carboxylic acids is 2. The molecule has 0 radical (unpaired) electrons. The molecule has 0 fully saturated rings. The van der Waals surface area contributed by atoms with Crippen molar-refractivity contribution < 1.29 is 28.9 Å². The van der Waals surface area contributed by atoms with Crippen molar-refractivity contribution in [2.45, 2.75) is 38.5 Å². The monoisotopic (exact) mass is 302 g/mol. The van der Waals surface area contributed by atoms with Crippen LogP contribution in [0.1, 0.15) is 38.5 Å². The van der Waals surface area contributed by atoms with Crippen LogP contribution in [0.5, 0.6) is 0 Å². The molecule has 0 atom stereocenters. The van der Waals surface area contributed by atoms with Crippen LogP contribution in [0.25, 0.3) is 0 Å². The molecule has 0 heterocycles. The summed E-state index contributed by atoms with van der Waals surface area (Å²) < 4.78 is 14.7. The van der Waals surface area contributed by atoms with Crippen molar-refractivity contribution in [2.24, 2.45) is 0 Å². The van der Waals surface area contributed by atoms with E-state index in [1.54, 1.807) is 7.11 Å². The van der Waals surface area contributed by atoms with E-state index < -0.39 is 11.9 Å². The number of aliphatic hydroxyl groups excluding tert-OH is 1. The molecule has 0 aromatic carbocycles. The van der Waals surface area contributed by atoms with Gasteiger partial charge in [-0.15, -0.1) is 0 Å². The summed E-state index contributed by atoms with van der Waals surface area (Å²) in [5.74, 6) is -1.10. The summed E-state index contributed by atoms with van der Waals surface area (Å²) in [7, 11) is 1.65. The van der Waals surface area contributed by atoms with E-state index in [1.807, 2.05) is 0 Å². The van der Waals surface area contributed by atoms with Crippen LogP contribution in [0.4, 0.5) is 0 Å². The second kappa shape index (κ2) is 15.0. The summed E-state index contributed by atoms with van der Waals surface area (Å²) >= 11 is 0. The van der Waals surface area contributed by atoms with E-state index in [1.165, 1.54) is 0 Å². The molecular weight excluding hydrogens is 276 g/mol. The van der Waals surface area contributed by atoms with Gasteiger partial charge in [-0.25, -0.2) is 9.59 Å². The highest BCUT2D eigenvalue weighted by Gasteiger charge is 2.01. The normalized spacial score (nSPS) is 10.8. The summed E-state index contributed by atoms with van der Waals surface area (Å²) in [4.78, 5) is 22.5. The maximum absolute atomic E-state index is 11.3. The van der Waals surface area contributed by atoms with E-state index in [2.05, 4.69) is 0 Å². The van der Waals surface area contributed by atoms with Gasteiger partial charge in [0.2, 0.25) is 0 Å². The minimum atomic E-state index is -0.559. The number of unbranched alkanes of at least 4 members (excludes halogenated alkanes) is 4. The van der Waals surface area contributed by atoms with Gasteiger partial charge in [-0.2, -0.15) is 0 Å². The van der Waals surface area contributed by atoms with Crippen molar-refractivity contribution in [3.8, 4) is 0 Å². The van der Waals surface area contributed by atoms with Crippen LogP contribution in [-0.4, -0.2) is 50.6 Å². The third-order valence-electron chi connectivity index (χ3n) is 2.64. The Morgan fingerprint density at radius 3 is 1.76 bits per heavy atom. The zero-order chi connectivity index (χ0) is 15.8. The fourth-order valence-electron chi connectivity index (χ4n) is 1.49. The van der Waals surface area contributed by atoms with Crippen molar-refractivity contribution in [1.29, 1.82) is 0 Å². The Hall–Kier alpha value is -1.40. The maximum atomic E-state index is 11.3. The summed E-state index contributed by atoms with van der Waals surface area (Å²) in [6, 6.07) is 0. The third-order valence-corrected chi connectivity index (χ3v) is 2.64. The molecule has 0 spiro atoms. The van der Waals surface area contributed by atoms with Gasteiger partial charge in [0.15, 0.2) is 0 Å². The van der Waals surface area contributed by atoms with Crippen molar-refractivity contribution >= 4 is 11.9 Å². The zero-order valence-corrected chi connectivity index (χ0v) is 12.7. The molecule has 6 nitrogen and oxygen atoms in total. The van der Waals surface area contributed by atoms with E-state index in [0.717, 1.165) is 37.8 Å². The SMILES string of the molecule is COCCCCCOC(=O)/C=C\C(=O)OCCCCCO. The van der Waals surface area contributed by atoms with E-state index in [-0.39, 0.29) is 13.2 Å². The second-order valence-electron chi connectivity index (χ2n) is 4.51. The molecule has 0 bridgehead atoms. The van der Waals surface area contributed by atoms with Gasteiger partial charge < -0.3 is 19.3 Å². The average molecular weight is 302 g/mol. The Morgan fingerprint density at radius 2 is 1.29 bits per heavy atom. The van der Waals surface area contributed by atoms with Gasteiger partial charge in [0.25, 0.3) is 0 Å². The predicted molar refractivity (Wildman–Crippen MR) is 77.7 cm³/mol. The fraction of sp³-hybridized carbons (Fsp3) is 0.733. The van der Waals surface area contributed by atoms with Gasteiger partial charge in [-0.05, 0) is 38.5 Å². The molecule has 0 rings (SSSR count). The quantitative estimate of drug-likeness (QED) is 0.316. The molecule has 122 valence electrons. The molecule has 1 N–H and O–H groups in total. The van der Waals surface area contributed by atoms with Gasteiger partial charge >= 0.3 is 11.9 Å². The van der Waals surface area contributed by atoms with Gasteiger partial charge in [0, 0.05) is 32.5 Å². The Kier molecular flexibility index (Phi) is 14.0. The molecule has 0 unspecified atom stereocenters. The summed E-state index contributed by atoms with van der Waals surface area (Å²) in [5, 5.41) is 8.57. The average Bonchev–Trinajstić information content (AvgIpc) is 2.48. The van der Waals surface area contributed by atoms with Gasteiger partial charge in [0.05, 0.1) is 13.2 Å². The van der Waals surface area contributed by atoms with Crippen molar-refractivity contribution in [3.63, 3.8) is 0 Å². The topological polar surface area (TPSA) is 82.1 Å². The second-order valence-corrected chi connectivity index (χ2v) is 4.51. The highest BCUT2D eigenvalue weighted by molar-refractivity contribution is 5.91. The first-order valence-electron chi connectivity index (χ1n) is 7.32. The standard InChI is InChI=1S/C15H26O6/c1-19-11-5-3-7-13-21-15(18)9-8-14(17)20-12-6-2-4-10-16/h8-9,16H,2-7,10-13H2,1H3/b9-8-. The number of hydrogen-bond acceptors (Lipinski definition) is 6. The van der Waals surface area contributed by atoms with Gasteiger partial charge in [0.1, 0.15) is 0 Å². The van der Waals surface area contributed by atoms with E-state index in [4.69, 9.17) is 19.3 Å². The maximum Gasteiger partial charge on any atom is 0.331 e. The van der Waals surface area contributed by atoms with Gasteiger partial charge in [-0.3, -0.25) is 0 Å². The zero-order valence-electron chi connectivity index (χ0n) is 12.7. The van der Waals surface area contributed by atoms with Crippen LogP contribution in [0, 0.1) is 0 Å². The van der Waals surface area contributed by atoms with Crippen LogP contribution in [-0.2, 0) is 23.8 Å². The lowest BCUT2D eigenvalue weighted by Gasteiger charge is -2.02. The molecule has 21 heavy (non-hydrogen) atoms. The van der Waals surface area contributed by atoms with Crippen molar-refractivity contribution in [3.05, 3.63) is 12.2 Å². The first-order valence-corrected chi connectivity index (χ1v) is 7.32. The summed E-state index contributed by atoms with van der Waals surface area (Å²) in [5.41, 5.74) is 0. The number of rotatable bonds is 13. The predicted octanol–water partition coefficient (Wildman–Crippen LogP) is 1.61. The Bertz CT molecular complexity index is 301. The van der Waals surface area contributed by atoms with E-state index >= 15 is 0 Å². The lowest BCUT2D eigenvalue weighted by atomic mass is 10.2. The largest absolute Gasteiger partial charge is 0.463 e. The van der Waals surface area contributed by atoms with Crippen molar-refractivity contribution in [1.82, 2.24) is 0 Å². The van der Waals surface area contributed by atoms with E-state index in [0.29, 0.717) is 26.1 Å². The molecule has 0 aromatic rings. The lowest BCUT2D eigenvalue weighted by Crippen LogP contribution is -2.06. The molecule has 0 amide bonds. The minimum absolute atomic E-state index is 0.144. The number of esters is 2. The highest BCUT2D eigenvalue weighted by Crippen LogP contribution is 1.97. The van der Waals surface area contributed by atoms with Crippen LogP contribution in [0.2, 0.25) is 0 Å². The molecule has 0 aliphatic rings. The lowest BCUT2D eigenvalue weighted by molar-refractivity contribution is -0.140. The Labute approximate surface area is 126 Å².